The quantitative estimate of drug-likeness (QED) is 0.768. The number of fused-ring (bicyclic) bond motifs is 2. The normalized spacial score (nSPS) is 14.0. The van der Waals surface area contributed by atoms with Crippen molar-refractivity contribution < 1.29 is 9.59 Å². The largest absolute Gasteiger partial charge is 0.361 e. The summed E-state index contributed by atoms with van der Waals surface area (Å²) in [5.74, 6) is 0.0735. The van der Waals surface area contributed by atoms with Crippen LogP contribution >= 0.6 is 11.6 Å². The summed E-state index contributed by atoms with van der Waals surface area (Å²) in [4.78, 5) is 29.7. The fraction of sp³-hybridized carbons (Fsp3) is 0.158. The summed E-state index contributed by atoms with van der Waals surface area (Å²) in [6, 6.07) is 12.9. The molecule has 3 aromatic rings. The van der Waals surface area contributed by atoms with Crippen molar-refractivity contribution in [1.82, 2.24) is 4.98 Å². The van der Waals surface area contributed by atoms with Crippen LogP contribution in [0.25, 0.3) is 10.9 Å². The molecule has 1 amide bonds. The van der Waals surface area contributed by atoms with Gasteiger partial charge < -0.3 is 9.88 Å². The molecule has 1 aromatic heterocycles. The molecule has 5 heteroatoms. The molecule has 0 atom stereocenters. The predicted molar refractivity (Wildman–Crippen MR) is 94.8 cm³/mol. The standard InChI is InChI=1S/C19H15ClN2O2/c20-13-5-6-16-15(10-13)12(11-21-16)9-19(24)22-8-7-18(23)14-3-1-2-4-17(14)22/h1-6,10-11,21H,7-9H2. The molecule has 0 fully saturated rings. The number of hydrogen-bond donors (Lipinski definition) is 1. The van der Waals surface area contributed by atoms with Crippen LogP contribution in [0.5, 0.6) is 0 Å². The van der Waals surface area contributed by atoms with Crippen LogP contribution in [-0.4, -0.2) is 23.2 Å². The molecule has 2 aromatic carbocycles. The molecular formula is C19H15ClN2O2. The Labute approximate surface area is 144 Å². The topological polar surface area (TPSA) is 53.2 Å². The van der Waals surface area contributed by atoms with E-state index in [4.69, 9.17) is 11.6 Å². The molecular weight excluding hydrogens is 324 g/mol. The number of amides is 1. The molecule has 0 saturated heterocycles. The van der Waals surface area contributed by atoms with Gasteiger partial charge in [-0.05, 0) is 35.9 Å². The van der Waals surface area contributed by atoms with E-state index in [2.05, 4.69) is 4.98 Å². The van der Waals surface area contributed by atoms with Crippen LogP contribution in [0.4, 0.5) is 5.69 Å². The number of benzene rings is 2. The van der Waals surface area contributed by atoms with E-state index >= 15 is 0 Å². The van der Waals surface area contributed by atoms with Crippen LogP contribution < -0.4 is 4.90 Å². The van der Waals surface area contributed by atoms with Crippen molar-refractivity contribution in [2.75, 3.05) is 11.4 Å². The first-order valence-electron chi connectivity index (χ1n) is 7.81. The van der Waals surface area contributed by atoms with E-state index in [1.807, 2.05) is 42.6 Å². The third-order valence-corrected chi connectivity index (χ3v) is 4.67. The van der Waals surface area contributed by atoms with Crippen molar-refractivity contribution in [1.29, 1.82) is 0 Å². The minimum Gasteiger partial charge on any atom is -0.361 e. The van der Waals surface area contributed by atoms with Crippen molar-refractivity contribution in [2.45, 2.75) is 12.8 Å². The molecule has 1 aliphatic rings. The molecule has 0 unspecified atom stereocenters. The molecule has 4 rings (SSSR count). The maximum atomic E-state index is 12.8. The molecule has 24 heavy (non-hydrogen) atoms. The van der Waals surface area contributed by atoms with E-state index in [-0.39, 0.29) is 18.1 Å². The fourth-order valence-electron chi connectivity index (χ4n) is 3.23. The van der Waals surface area contributed by atoms with Gasteiger partial charge in [-0.15, -0.1) is 0 Å². The molecule has 2 heterocycles. The molecule has 4 nitrogen and oxygen atoms in total. The Bertz CT molecular complexity index is 961. The van der Waals surface area contributed by atoms with Crippen LogP contribution in [0.1, 0.15) is 22.3 Å². The molecule has 0 spiro atoms. The molecule has 0 bridgehead atoms. The first kappa shape index (κ1) is 15.0. The molecule has 120 valence electrons. The van der Waals surface area contributed by atoms with Crippen molar-refractivity contribution in [3.63, 3.8) is 0 Å². The second kappa shape index (κ2) is 5.80. The zero-order chi connectivity index (χ0) is 16.7. The van der Waals surface area contributed by atoms with Gasteiger partial charge in [0.25, 0.3) is 0 Å². The molecule has 0 radical (unpaired) electrons. The number of carbonyl (C=O) groups excluding carboxylic acids is 2. The zero-order valence-corrected chi connectivity index (χ0v) is 13.6. The van der Waals surface area contributed by atoms with E-state index in [1.54, 1.807) is 11.0 Å². The fourth-order valence-corrected chi connectivity index (χ4v) is 3.40. The number of aromatic amines is 1. The summed E-state index contributed by atoms with van der Waals surface area (Å²) >= 11 is 6.07. The predicted octanol–water partition coefficient (Wildman–Crippen LogP) is 3.98. The summed E-state index contributed by atoms with van der Waals surface area (Å²) in [6.07, 6.45) is 2.48. The second-order valence-corrected chi connectivity index (χ2v) is 6.35. The number of hydrogen-bond acceptors (Lipinski definition) is 2. The summed E-state index contributed by atoms with van der Waals surface area (Å²) in [6.45, 7) is 0.428. The number of Topliss-reactive ketones (excluding diaryl/α,β-unsaturated/α-hetero) is 1. The lowest BCUT2D eigenvalue weighted by molar-refractivity contribution is -0.118. The van der Waals surface area contributed by atoms with Crippen LogP contribution in [0.15, 0.2) is 48.7 Å². The van der Waals surface area contributed by atoms with E-state index < -0.39 is 0 Å². The van der Waals surface area contributed by atoms with Crippen molar-refractivity contribution in [2.24, 2.45) is 0 Å². The van der Waals surface area contributed by atoms with Gasteiger partial charge in [0.2, 0.25) is 5.91 Å². The van der Waals surface area contributed by atoms with E-state index in [1.165, 1.54) is 0 Å². The van der Waals surface area contributed by atoms with Crippen LogP contribution in [0, 0.1) is 0 Å². The SMILES string of the molecule is O=C1CCN(C(=O)Cc2c[nH]c3ccc(Cl)cc23)c2ccccc21. The molecule has 0 saturated carbocycles. The number of carbonyl (C=O) groups is 2. The first-order chi connectivity index (χ1) is 11.6. The third-order valence-electron chi connectivity index (χ3n) is 4.43. The highest BCUT2D eigenvalue weighted by atomic mass is 35.5. The Morgan fingerprint density at radius 2 is 2.04 bits per heavy atom. The van der Waals surface area contributed by atoms with Crippen LogP contribution in [-0.2, 0) is 11.2 Å². The Hall–Kier alpha value is -2.59. The van der Waals surface area contributed by atoms with Crippen molar-refractivity contribution in [3.05, 3.63) is 64.8 Å². The number of para-hydroxylation sites is 1. The Morgan fingerprint density at radius 3 is 2.92 bits per heavy atom. The maximum Gasteiger partial charge on any atom is 0.231 e. The van der Waals surface area contributed by atoms with Gasteiger partial charge in [-0.2, -0.15) is 0 Å². The lowest BCUT2D eigenvalue weighted by Gasteiger charge is -2.28. The number of aromatic nitrogens is 1. The van der Waals surface area contributed by atoms with Gasteiger partial charge in [-0.1, -0.05) is 23.7 Å². The first-order valence-corrected chi connectivity index (χ1v) is 8.19. The summed E-state index contributed by atoms with van der Waals surface area (Å²) in [7, 11) is 0. The Balaban J connectivity index is 1.66. The highest BCUT2D eigenvalue weighted by Gasteiger charge is 2.27. The van der Waals surface area contributed by atoms with Gasteiger partial charge in [-0.25, -0.2) is 0 Å². The van der Waals surface area contributed by atoms with Gasteiger partial charge in [-0.3, -0.25) is 9.59 Å². The lowest BCUT2D eigenvalue weighted by atomic mass is 9.99. The number of ketones is 1. The smallest absolute Gasteiger partial charge is 0.231 e. The summed E-state index contributed by atoms with van der Waals surface area (Å²) in [5.41, 5.74) is 3.19. The molecule has 1 N–H and O–H groups in total. The maximum absolute atomic E-state index is 12.8. The van der Waals surface area contributed by atoms with E-state index in [0.29, 0.717) is 29.2 Å². The Morgan fingerprint density at radius 1 is 1.21 bits per heavy atom. The average Bonchev–Trinajstić information content (AvgIpc) is 2.97. The van der Waals surface area contributed by atoms with Crippen LogP contribution in [0.3, 0.4) is 0 Å². The van der Waals surface area contributed by atoms with E-state index in [9.17, 15) is 9.59 Å². The van der Waals surface area contributed by atoms with Gasteiger partial charge in [0.1, 0.15) is 0 Å². The van der Waals surface area contributed by atoms with Gasteiger partial charge in [0.15, 0.2) is 5.78 Å². The number of H-pyrrole nitrogens is 1. The summed E-state index contributed by atoms with van der Waals surface area (Å²) < 4.78 is 0. The summed E-state index contributed by atoms with van der Waals surface area (Å²) in [5, 5.41) is 1.60. The second-order valence-electron chi connectivity index (χ2n) is 5.92. The number of rotatable bonds is 2. The lowest BCUT2D eigenvalue weighted by Crippen LogP contribution is -2.38. The highest BCUT2D eigenvalue weighted by Crippen LogP contribution is 2.28. The average molecular weight is 339 g/mol. The highest BCUT2D eigenvalue weighted by molar-refractivity contribution is 6.31. The van der Waals surface area contributed by atoms with Crippen LogP contribution in [0.2, 0.25) is 5.02 Å². The third kappa shape index (κ3) is 2.49. The zero-order valence-electron chi connectivity index (χ0n) is 12.9. The molecule has 1 aliphatic heterocycles. The minimum absolute atomic E-state index is 0.0178. The number of halogens is 1. The van der Waals surface area contributed by atoms with Gasteiger partial charge >= 0.3 is 0 Å². The van der Waals surface area contributed by atoms with E-state index in [0.717, 1.165) is 16.5 Å². The monoisotopic (exact) mass is 338 g/mol. The van der Waals surface area contributed by atoms with Gasteiger partial charge in [0, 0.05) is 40.7 Å². The van der Waals surface area contributed by atoms with Crippen molar-refractivity contribution in [3.8, 4) is 0 Å². The minimum atomic E-state index is -0.0178. The number of nitrogens with zero attached hydrogens (tertiary/aromatic N) is 1. The number of anilines is 1. The van der Waals surface area contributed by atoms with Gasteiger partial charge in [0.05, 0.1) is 12.1 Å². The number of nitrogens with one attached hydrogen (secondary N) is 1. The Kier molecular flexibility index (Phi) is 3.62. The van der Waals surface area contributed by atoms with Crippen molar-refractivity contribution >= 4 is 39.9 Å². The molecule has 0 aliphatic carbocycles.